The molecule has 6 heteroatoms. The van der Waals surface area contributed by atoms with Crippen molar-refractivity contribution in [1.82, 2.24) is 5.32 Å². The van der Waals surface area contributed by atoms with Crippen LogP contribution in [-0.4, -0.2) is 30.6 Å². The summed E-state index contributed by atoms with van der Waals surface area (Å²) in [6.07, 6.45) is 7.77. The Bertz CT molecular complexity index is 629. The van der Waals surface area contributed by atoms with Gasteiger partial charge in [-0.1, -0.05) is 26.2 Å². The average molecular weight is 365 g/mol. The lowest BCUT2D eigenvalue weighted by Crippen LogP contribution is -2.37. The number of ether oxygens (including phenoxy) is 1. The summed E-state index contributed by atoms with van der Waals surface area (Å²) in [5, 5.41) is 6.82. The fraction of sp³-hybridized carbons (Fsp3) is 0.684. The van der Waals surface area contributed by atoms with Crippen LogP contribution in [0.25, 0.3) is 0 Å². The molecule has 25 heavy (non-hydrogen) atoms. The van der Waals surface area contributed by atoms with E-state index >= 15 is 0 Å². The maximum atomic E-state index is 12.9. The molecule has 0 aromatic carbocycles. The monoisotopic (exact) mass is 364 g/mol. The molecular weight excluding hydrogens is 336 g/mol. The lowest BCUT2D eigenvalue weighted by atomic mass is 9.95. The summed E-state index contributed by atoms with van der Waals surface area (Å²) >= 11 is 1.49. The van der Waals surface area contributed by atoms with Crippen molar-refractivity contribution in [3.8, 4) is 0 Å². The van der Waals surface area contributed by atoms with E-state index in [2.05, 4.69) is 17.6 Å². The van der Waals surface area contributed by atoms with Gasteiger partial charge < -0.3 is 15.4 Å². The number of thiophene rings is 1. The van der Waals surface area contributed by atoms with Gasteiger partial charge in [-0.25, -0.2) is 0 Å². The molecule has 1 saturated heterocycles. The zero-order chi connectivity index (χ0) is 17.8. The van der Waals surface area contributed by atoms with E-state index in [1.165, 1.54) is 30.6 Å². The summed E-state index contributed by atoms with van der Waals surface area (Å²) in [7, 11) is 0. The van der Waals surface area contributed by atoms with Crippen LogP contribution in [0.1, 0.15) is 72.7 Å². The summed E-state index contributed by atoms with van der Waals surface area (Å²) in [5.41, 5.74) is 1.70. The lowest BCUT2D eigenvalue weighted by Gasteiger charge is -2.23. The fourth-order valence-electron chi connectivity index (χ4n) is 3.81. The number of aryl methyl sites for hydroxylation is 1. The predicted octanol–water partition coefficient (Wildman–Crippen LogP) is 3.80. The first-order valence-electron chi connectivity index (χ1n) is 9.45. The van der Waals surface area contributed by atoms with E-state index < -0.39 is 0 Å². The molecule has 3 rings (SSSR count). The summed E-state index contributed by atoms with van der Waals surface area (Å²) in [5.74, 6) is -0.177. The van der Waals surface area contributed by atoms with Crippen molar-refractivity contribution in [2.75, 3.05) is 11.9 Å². The highest BCUT2D eigenvalue weighted by Crippen LogP contribution is 2.34. The number of hydrogen-bond donors (Lipinski definition) is 2. The number of carbonyl (C=O) groups is 2. The quantitative estimate of drug-likeness (QED) is 0.835. The second-order valence-electron chi connectivity index (χ2n) is 6.99. The molecule has 1 atom stereocenters. The van der Waals surface area contributed by atoms with E-state index in [9.17, 15) is 9.59 Å². The van der Waals surface area contributed by atoms with Gasteiger partial charge in [-0.15, -0.1) is 11.3 Å². The number of hydrogen-bond acceptors (Lipinski definition) is 4. The van der Waals surface area contributed by atoms with E-state index in [1.807, 2.05) is 6.92 Å². The number of carbonyl (C=O) groups excluding carboxylic acids is 2. The molecule has 0 unspecified atom stereocenters. The van der Waals surface area contributed by atoms with Gasteiger partial charge in [-0.2, -0.15) is 0 Å². The Morgan fingerprint density at radius 1 is 1.16 bits per heavy atom. The predicted molar refractivity (Wildman–Crippen MR) is 100 cm³/mol. The van der Waals surface area contributed by atoms with Crippen LogP contribution < -0.4 is 10.6 Å². The largest absolute Gasteiger partial charge is 0.368 e. The van der Waals surface area contributed by atoms with Crippen LogP contribution in [-0.2, 0) is 16.0 Å². The third kappa shape index (κ3) is 4.23. The second-order valence-corrected chi connectivity index (χ2v) is 8.22. The van der Waals surface area contributed by atoms with Gasteiger partial charge in [-0.3, -0.25) is 9.59 Å². The maximum Gasteiger partial charge on any atom is 0.254 e. The molecule has 5 nitrogen and oxygen atoms in total. The normalized spacial score (nSPS) is 21.3. The molecule has 1 aromatic rings. The standard InChI is InChI=1S/C19H28N2O3S/c1-3-14-12(2)25-19(21-17(22)15-10-7-11-24-15)16(14)18(23)20-13-8-5-4-6-9-13/h13,15H,3-11H2,1-2H3,(H,20,23)(H,21,22)/t15-/m0/s1. The highest BCUT2D eigenvalue weighted by Gasteiger charge is 2.28. The van der Waals surface area contributed by atoms with Crippen molar-refractivity contribution in [2.45, 2.75) is 77.4 Å². The summed E-state index contributed by atoms with van der Waals surface area (Å²) < 4.78 is 5.46. The Kier molecular flexibility index (Phi) is 6.12. The Morgan fingerprint density at radius 2 is 1.92 bits per heavy atom. The lowest BCUT2D eigenvalue weighted by molar-refractivity contribution is -0.124. The number of amides is 2. The molecule has 1 aliphatic heterocycles. The maximum absolute atomic E-state index is 12.9. The minimum absolute atomic E-state index is 0.0456. The molecule has 2 N–H and O–H groups in total. The van der Waals surface area contributed by atoms with Crippen molar-refractivity contribution in [1.29, 1.82) is 0 Å². The van der Waals surface area contributed by atoms with Crippen LogP contribution in [0.3, 0.4) is 0 Å². The van der Waals surface area contributed by atoms with E-state index in [0.717, 1.165) is 42.5 Å². The van der Waals surface area contributed by atoms with E-state index in [-0.39, 0.29) is 24.0 Å². The summed E-state index contributed by atoms with van der Waals surface area (Å²) in [6, 6.07) is 0.257. The molecule has 138 valence electrons. The van der Waals surface area contributed by atoms with E-state index in [1.54, 1.807) is 0 Å². The van der Waals surface area contributed by atoms with Crippen LogP contribution in [0.4, 0.5) is 5.00 Å². The Labute approximate surface area is 153 Å². The molecule has 0 radical (unpaired) electrons. The number of rotatable bonds is 5. The van der Waals surface area contributed by atoms with Gasteiger partial charge >= 0.3 is 0 Å². The smallest absolute Gasteiger partial charge is 0.254 e. The first-order valence-corrected chi connectivity index (χ1v) is 10.3. The molecule has 0 spiro atoms. The minimum Gasteiger partial charge on any atom is -0.368 e. The van der Waals surface area contributed by atoms with Gasteiger partial charge in [0.1, 0.15) is 11.1 Å². The van der Waals surface area contributed by atoms with E-state index in [0.29, 0.717) is 17.2 Å². The molecule has 1 aromatic heterocycles. The van der Waals surface area contributed by atoms with Gasteiger partial charge in [0.05, 0.1) is 5.56 Å². The highest BCUT2D eigenvalue weighted by molar-refractivity contribution is 7.16. The number of nitrogens with one attached hydrogen (secondary N) is 2. The van der Waals surface area contributed by atoms with Gasteiger partial charge in [0.2, 0.25) is 0 Å². The zero-order valence-electron chi connectivity index (χ0n) is 15.2. The van der Waals surface area contributed by atoms with Crippen molar-refractivity contribution in [3.05, 3.63) is 16.0 Å². The molecular formula is C19H28N2O3S. The zero-order valence-corrected chi connectivity index (χ0v) is 16.0. The molecule has 2 aliphatic rings. The SMILES string of the molecule is CCc1c(C)sc(NC(=O)[C@@H]2CCCO2)c1C(=O)NC1CCCCC1. The van der Waals surface area contributed by atoms with Gasteiger partial charge in [0.25, 0.3) is 11.8 Å². The number of anilines is 1. The third-order valence-electron chi connectivity index (χ3n) is 5.19. The highest BCUT2D eigenvalue weighted by atomic mass is 32.1. The van der Waals surface area contributed by atoms with Crippen molar-refractivity contribution in [3.63, 3.8) is 0 Å². The van der Waals surface area contributed by atoms with Crippen molar-refractivity contribution < 1.29 is 14.3 Å². The van der Waals surface area contributed by atoms with Gasteiger partial charge in [-0.05, 0) is 44.6 Å². The molecule has 2 fully saturated rings. The van der Waals surface area contributed by atoms with Crippen molar-refractivity contribution in [2.24, 2.45) is 0 Å². The van der Waals surface area contributed by atoms with Crippen LogP contribution in [0.15, 0.2) is 0 Å². The molecule has 1 aliphatic carbocycles. The summed E-state index contributed by atoms with van der Waals surface area (Å²) in [6.45, 7) is 4.71. The Balaban J connectivity index is 1.78. The van der Waals surface area contributed by atoms with E-state index in [4.69, 9.17) is 4.74 Å². The van der Waals surface area contributed by atoms with Crippen LogP contribution >= 0.6 is 11.3 Å². The third-order valence-corrected chi connectivity index (χ3v) is 6.25. The van der Waals surface area contributed by atoms with Crippen molar-refractivity contribution >= 4 is 28.2 Å². The minimum atomic E-state index is -0.387. The molecule has 2 amide bonds. The Morgan fingerprint density at radius 3 is 2.56 bits per heavy atom. The Hall–Kier alpha value is -1.40. The van der Waals surface area contributed by atoms with Crippen LogP contribution in [0.5, 0.6) is 0 Å². The summed E-state index contributed by atoms with van der Waals surface area (Å²) in [4.78, 5) is 26.5. The first kappa shape index (κ1) is 18.4. The first-order chi connectivity index (χ1) is 12.1. The van der Waals surface area contributed by atoms with Crippen LogP contribution in [0.2, 0.25) is 0 Å². The second kappa shape index (κ2) is 8.32. The molecule has 2 heterocycles. The molecule has 0 bridgehead atoms. The van der Waals surface area contributed by atoms with Crippen LogP contribution in [0, 0.1) is 6.92 Å². The fourth-order valence-corrected chi connectivity index (χ4v) is 4.96. The average Bonchev–Trinajstić information content (AvgIpc) is 3.23. The molecule has 1 saturated carbocycles. The van der Waals surface area contributed by atoms with Gasteiger partial charge in [0, 0.05) is 17.5 Å². The topological polar surface area (TPSA) is 67.4 Å². The van der Waals surface area contributed by atoms with Gasteiger partial charge in [0.15, 0.2) is 0 Å².